The largest absolute Gasteiger partial charge is 0.469 e. The van der Waals surface area contributed by atoms with Gasteiger partial charge in [0.25, 0.3) is 0 Å². The molecule has 5 heteroatoms. The number of ether oxygens (including phenoxy) is 1. The molecule has 1 aromatic carbocycles. The van der Waals surface area contributed by atoms with Gasteiger partial charge >= 0.3 is 5.97 Å². The van der Waals surface area contributed by atoms with E-state index in [1.54, 1.807) is 13.8 Å². The Morgan fingerprint density at radius 3 is 2.47 bits per heavy atom. The zero-order chi connectivity index (χ0) is 14.8. The first-order valence-corrected chi connectivity index (χ1v) is 6.35. The van der Waals surface area contributed by atoms with Gasteiger partial charge in [-0.25, -0.2) is 4.39 Å². The number of hydrogen-bond acceptors (Lipinski definition) is 3. The first-order valence-electron chi connectivity index (χ1n) is 5.97. The third-order valence-corrected chi connectivity index (χ3v) is 3.52. The molecule has 0 aromatic heterocycles. The van der Waals surface area contributed by atoms with Crippen molar-refractivity contribution in [2.24, 2.45) is 11.8 Å². The normalized spacial score (nSPS) is 16.0. The predicted molar refractivity (Wildman–Crippen MR) is 71.3 cm³/mol. The van der Waals surface area contributed by atoms with E-state index < -0.39 is 23.3 Å². The molecule has 2 atom stereocenters. The van der Waals surface area contributed by atoms with E-state index in [1.807, 2.05) is 0 Å². The van der Waals surface area contributed by atoms with Gasteiger partial charge in [0.2, 0.25) is 0 Å². The minimum Gasteiger partial charge on any atom is -0.469 e. The second-order valence-corrected chi connectivity index (χ2v) is 5.43. The van der Waals surface area contributed by atoms with E-state index in [9.17, 15) is 14.3 Å². The van der Waals surface area contributed by atoms with Crippen LogP contribution in [-0.4, -0.2) is 18.2 Å². The molecule has 0 fully saturated rings. The standard InChI is InChI=1S/C14H18ClFO3/c1-8(2)12(13(17)19-4)14(3,18)9-5-6-11(16)10(15)7-9/h5-8,12,18H,1-4H3. The van der Waals surface area contributed by atoms with E-state index in [1.165, 1.54) is 32.2 Å². The molecule has 1 rings (SSSR count). The summed E-state index contributed by atoms with van der Waals surface area (Å²) in [4.78, 5) is 11.8. The molecule has 19 heavy (non-hydrogen) atoms. The van der Waals surface area contributed by atoms with E-state index in [0.717, 1.165) is 0 Å². The van der Waals surface area contributed by atoms with Gasteiger partial charge in [0.15, 0.2) is 0 Å². The minimum atomic E-state index is -1.49. The van der Waals surface area contributed by atoms with E-state index in [4.69, 9.17) is 16.3 Å². The third kappa shape index (κ3) is 3.25. The van der Waals surface area contributed by atoms with Crippen LogP contribution < -0.4 is 0 Å². The lowest BCUT2D eigenvalue weighted by Gasteiger charge is -2.34. The zero-order valence-electron chi connectivity index (χ0n) is 11.4. The Bertz CT molecular complexity index is 472. The SMILES string of the molecule is COC(=O)C(C(C)C)C(C)(O)c1ccc(F)c(Cl)c1. The highest BCUT2D eigenvalue weighted by Gasteiger charge is 2.42. The van der Waals surface area contributed by atoms with Crippen LogP contribution in [0.5, 0.6) is 0 Å². The molecular formula is C14H18ClFO3. The Labute approximate surface area is 117 Å². The van der Waals surface area contributed by atoms with Crippen molar-refractivity contribution in [1.82, 2.24) is 0 Å². The van der Waals surface area contributed by atoms with Crippen molar-refractivity contribution in [3.05, 3.63) is 34.6 Å². The van der Waals surface area contributed by atoms with Gasteiger partial charge in [-0.1, -0.05) is 31.5 Å². The highest BCUT2D eigenvalue weighted by Crippen LogP contribution is 2.36. The van der Waals surface area contributed by atoms with Crippen molar-refractivity contribution < 1.29 is 19.0 Å². The fourth-order valence-electron chi connectivity index (χ4n) is 2.27. The molecule has 0 amide bonds. The van der Waals surface area contributed by atoms with Crippen LogP contribution in [0.15, 0.2) is 18.2 Å². The molecule has 0 spiro atoms. The molecule has 3 nitrogen and oxygen atoms in total. The lowest BCUT2D eigenvalue weighted by Crippen LogP contribution is -2.41. The van der Waals surface area contributed by atoms with Crippen molar-refractivity contribution in [3.63, 3.8) is 0 Å². The highest BCUT2D eigenvalue weighted by molar-refractivity contribution is 6.30. The van der Waals surface area contributed by atoms with Gasteiger partial charge in [0, 0.05) is 0 Å². The topological polar surface area (TPSA) is 46.5 Å². The quantitative estimate of drug-likeness (QED) is 0.866. The minimum absolute atomic E-state index is 0.0925. The summed E-state index contributed by atoms with van der Waals surface area (Å²) in [6.45, 7) is 5.11. The number of methoxy groups -OCH3 is 1. The Balaban J connectivity index is 3.25. The third-order valence-electron chi connectivity index (χ3n) is 3.23. The number of aliphatic hydroxyl groups is 1. The summed E-state index contributed by atoms with van der Waals surface area (Å²) in [5.41, 5.74) is -1.11. The van der Waals surface area contributed by atoms with Gasteiger partial charge < -0.3 is 9.84 Å². The van der Waals surface area contributed by atoms with Crippen LogP contribution in [0.4, 0.5) is 4.39 Å². The monoisotopic (exact) mass is 288 g/mol. The second kappa shape index (κ2) is 5.88. The Morgan fingerprint density at radius 1 is 1.47 bits per heavy atom. The summed E-state index contributed by atoms with van der Waals surface area (Å²) in [6.07, 6.45) is 0. The second-order valence-electron chi connectivity index (χ2n) is 5.02. The molecule has 0 aliphatic rings. The van der Waals surface area contributed by atoms with Gasteiger partial charge in [0.05, 0.1) is 18.1 Å². The molecule has 0 saturated heterocycles. The smallest absolute Gasteiger partial charge is 0.312 e. The number of carbonyl (C=O) groups excluding carboxylic acids is 1. The average Bonchev–Trinajstić information content (AvgIpc) is 2.31. The molecular weight excluding hydrogens is 271 g/mol. The van der Waals surface area contributed by atoms with Crippen LogP contribution in [0.1, 0.15) is 26.3 Å². The molecule has 0 saturated carbocycles. The fourth-order valence-corrected chi connectivity index (χ4v) is 2.45. The molecule has 0 heterocycles. The first kappa shape index (κ1) is 15.9. The van der Waals surface area contributed by atoms with Crippen molar-refractivity contribution >= 4 is 17.6 Å². The van der Waals surface area contributed by atoms with E-state index in [2.05, 4.69) is 0 Å². The first-order chi connectivity index (χ1) is 8.71. The zero-order valence-corrected chi connectivity index (χ0v) is 12.2. The fraction of sp³-hybridized carbons (Fsp3) is 0.500. The van der Waals surface area contributed by atoms with Crippen LogP contribution in [0.3, 0.4) is 0 Å². The van der Waals surface area contributed by atoms with Gasteiger partial charge in [0.1, 0.15) is 11.4 Å². The summed E-state index contributed by atoms with van der Waals surface area (Å²) in [5, 5.41) is 10.6. The summed E-state index contributed by atoms with van der Waals surface area (Å²) < 4.78 is 17.9. The van der Waals surface area contributed by atoms with Crippen LogP contribution in [0.2, 0.25) is 5.02 Å². The van der Waals surface area contributed by atoms with E-state index >= 15 is 0 Å². The van der Waals surface area contributed by atoms with Crippen LogP contribution >= 0.6 is 11.6 Å². The summed E-state index contributed by atoms with van der Waals surface area (Å²) in [7, 11) is 1.27. The maximum Gasteiger partial charge on any atom is 0.312 e. The van der Waals surface area contributed by atoms with Gasteiger partial charge in [-0.05, 0) is 30.5 Å². The van der Waals surface area contributed by atoms with Gasteiger partial charge in [-0.2, -0.15) is 0 Å². The number of benzene rings is 1. The number of halogens is 2. The van der Waals surface area contributed by atoms with Gasteiger partial charge in [-0.15, -0.1) is 0 Å². The summed E-state index contributed by atoms with van der Waals surface area (Å²) in [6, 6.07) is 3.91. The molecule has 0 aliphatic carbocycles. The van der Waals surface area contributed by atoms with E-state index in [0.29, 0.717) is 5.56 Å². The van der Waals surface area contributed by atoms with Crippen LogP contribution in [0, 0.1) is 17.7 Å². The van der Waals surface area contributed by atoms with Crippen molar-refractivity contribution in [2.75, 3.05) is 7.11 Å². The van der Waals surface area contributed by atoms with Crippen LogP contribution in [0.25, 0.3) is 0 Å². The summed E-state index contributed by atoms with van der Waals surface area (Å²) >= 11 is 5.72. The Morgan fingerprint density at radius 2 is 2.05 bits per heavy atom. The molecule has 1 N–H and O–H groups in total. The number of rotatable bonds is 4. The number of carbonyl (C=O) groups is 1. The Hall–Kier alpha value is -1.13. The molecule has 1 aromatic rings. The lowest BCUT2D eigenvalue weighted by atomic mass is 9.76. The molecule has 0 radical (unpaired) electrons. The number of esters is 1. The molecule has 106 valence electrons. The predicted octanol–water partition coefficient (Wildman–Crippen LogP) is 3.13. The van der Waals surface area contributed by atoms with Crippen molar-refractivity contribution in [2.45, 2.75) is 26.4 Å². The summed E-state index contributed by atoms with van der Waals surface area (Å²) in [5.74, 6) is -1.99. The number of hydrogen-bond donors (Lipinski definition) is 1. The lowest BCUT2D eigenvalue weighted by molar-refractivity contribution is -0.159. The highest BCUT2D eigenvalue weighted by atomic mass is 35.5. The van der Waals surface area contributed by atoms with Crippen molar-refractivity contribution in [3.8, 4) is 0 Å². The van der Waals surface area contributed by atoms with E-state index in [-0.39, 0.29) is 10.9 Å². The Kier molecular flexibility index (Phi) is 4.93. The van der Waals surface area contributed by atoms with Crippen molar-refractivity contribution in [1.29, 1.82) is 0 Å². The van der Waals surface area contributed by atoms with Crippen LogP contribution in [-0.2, 0) is 15.1 Å². The average molecular weight is 289 g/mol. The maximum atomic E-state index is 13.2. The molecule has 0 bridgehead atoms. The maximum absolute atomic E-state index is 13.2. The molecule has 2 unspecified atom stereocenters. The molecule has 0 aliphatic heterocycles. The van der Waals surface area contributed by atoms with Gasteiger partial charge in [-0.3, -0.25) is 4.79 Å².